The number of halogens is 4. The number of benzene rings is 1. The molecular formula is C20H19F4N3O. The Morgan fingerprint density at radius 2 is 1.93 bits per heavy atom. The lowest BCUT2D eigenvalue weighted by Crippen LogP contribution is -2.34. The van der Waals surface area contributed by atoms with Crippen LogP contribution in [0.3, 0.4) is 0 Å². The number of carbonyl (C=O) groups excluding carboxylic acids is 1. The van der Waals surface area contributed by atoms with E-state index in [4.69, 9.17) is 0 Å². The molecule has 3 heterocycles. The van der Waals surface area contributed by atoms with Gasteiger partial charge < -0.3 is 9.80 Å². The molecule has 2 aliphatic rings. The lowest BCUT2D eigenvalue weighted by molar-refractivity contribution is -0.137. The van der Waals surface area contributed by atoms with Crippen molar-refractivity contribution < 1.29 is 22.4 Å². The third-order valence-corrected chi connectivity index (χ3v) is 5.66. The van der Waals surface area contributed by atoms with Gasteiger partial charge in [-0.3, -0.25) is 4.79 Å². The molecule has 4 nitrogen and oxygen atoms in total. The first kappa shape index (κ1) is 18.7. The molecule has 8 heteroatoms. The van der Waals surface area contributed by atoms with Crippen molar-refractivity contribution in [3.05, 3.63) is 59.5 Å². The van der Waals surface area contributed by atoms with E-state index in [0.29, 0.717) is 25.5 Å². The molecule has 2 aromatic rings. The molecule has 1 aromatic carbocycles. The lowest BCUT2D eigenvalue weighted by Gasteiger charge is -2.29. The minimum atomic E-state index is -4.42. The van der Waals surface area contributed by atoms with Gasteiger partial charge in [-0.1, -0.05) is 12.1 Å². The average Bonchev–Trinajstić information content (AvgIpc) is 3.19. The molecule has 0 spiro atoms. The van der Waals surface area contributed by atoms with E-state index in [-0.39, 0.29) is 29.6 Å². The Labute approximate surface area is 159 Å². The molecule has 1 aromatic heterocycles. The van der Waals surface area contributed by atoms with Gasteiger partial charge in [0.05, 0.1) is 11.6 Å². The molecule has 0 aliphatic carbocycles. The van der Waals surface area contributed by atoms with Crippen molar-refractivity contribution in [1.29, 1.82) is 0 Å². The second-order valence-corrected chi connectivity index (χ2v) is 7.40. The van der Waals surface area contributed by atoms with Crippen molar-refractivity contribution in [2.45, 2.75) is 19.1 Å². The molecular weight excluding hydrogens is 374 g/mol. The first-order valence-electron chi connectivity index (χ1n) is 9.05. The van der Waals surface area contributed by atoms with Crippen LogP contribution in [0.15, 0.2) is 42.6 Å². The highest BCUT2D eigenvalue weighted by Gasteiger charge is 2.48. The predicted molar refractivity (Wildman–Crippen MR) is 95.0 cm³/mol. The summed E-state index contributed by atoms with van der Waals surface area (Å²) in [7, 11) is 0. The second-order valence-electron chi connectivity index (χ2n) is 7.40. The summed E-state index contributed by atoms with van der Waals surface area (Å²) in [6.45, 7) is 3.19. The zero-order chi connectivity index (χ0) is 20.1. The highest BCUT2D eigenvalue weighted by Crippen LogP contribution is 2.46. The number of aromatic nitrogens is 1. The number of hydrogen-bond donors (Lipinski definition) is 0. The minimum absolute atomic E-state index is 0.0646. The SMILES string of the molecule is CC(=O)N1C[C@H]2CN(c3ccc(C(F)(F)F)cn3)C[C@H]2[C@@H]1c1cccc(F)c1. The van der Waals surface area contributed by atoms with E-state index in [9.17, 15) is 22.4 Å². The maximum absolute atomic E-state index is 13.8. The Morgan fingerprint density at radius 1 is 1.14 bits per heavy atom. The van der Waals surface area contributed by atoms with E-state index >= 15 is 0 Å². The molecule has 4 rings (SSSR count). The van der Waals surface area contributed by atoms with Crippen LogP contribution in [-0.4, -0.2) is 35.4 Å². The number of fused-ring (bicyclic) bond motifs is 1. The largest absolute Gasteiger partial charge is 0.417 e. The molecule has 2 aliphatic heterocycles. The number of hydrogen-bond acceptors (Lipinski definition) is 3. The molecule has 0 radical (unpaired) electrons. The Hall–Kier alpha value is -2.64. The van der Waals surface area contributed by atoms with Gasteiger partial charge in [-0.15, -0.1) is 0 Å². The Morgan fingerprint density at radius 3 is 2.54 bits per heavy atom. The highest BCUT2D eigenvalue weighted by atomic mass is 19.4. The van der Waals surface area contributed by atoms with Gasteiger partial charge in [0.25, 0.3) is 0 Å². The van der Waals surface area contributed by atoms with Crippen molar-refractivity contribution in [3.8, 4) is 0 Å². The maximum Gasteiger partial charge on any atom is 0.417 e. The normalized spacial score (nSPS) is 24.5. The molecule has 0 N–H and O–H groups in total. The van der Waals surface area contributed by atoms with E-state index in [1.807, 2.05) is 11.0 Å². The number of anilines is 1. The molecule has 0 saturated carbocycles. The van der Waals surface area contributed by atoms with Crippen LogP contribution >= 0.6 is 0 Å². The van der Waals surface area contributed by atoms with Crippen LogP contribution < -0.4 is 4.90 Å². The number of nitrogens with zero attached hydrogens (tertiary/aromatic N) is 3. The summed E-state index contributed by atoms with van der Waals surface area (Å²) in [5.74, 6) is 0.275. The van der Waals surface area contributed by atoms with Gasteiger partial charge in [-0.2, -0.15) is 13.2 Å². The van der Waals surface area contributed by atoms with Crippen molar-refractivity contribution in [1.82, 2.24) is 9.88 Å². The molecule has 1 amide bonds. The number of alkyl halides is 3. The highest BCUT2D eigenvalue weighted by molar-refractivity contribution is 5.74. The van der Waals surface area contributed by atoms with Gasteiger partial charge in [0.1, 0.15) is 11.6 Å². The first-order chi connectivity index (χ1) is 13.2. The fraction of sp³-hybridized carbons (Fsp3) is 0.400. The maximum atomic E-state index is 13.8. The Bertz CT molecular complexity index is 884. The topological polar surface area (TPSA) is 36.4 Å². The van der Waals surface area contributed by atoms with Crippen LogP contribution in [-0.2, 0) is 11.0 Å². The fourth-order valence-corrected chi connectivity index (χ4v) is 4.41. The Kier molecular flexibility index (Phi) is 4.51. The molecule has 2 fully saturated rings. The summed E-state index contributed by atoms with van der Waals surface area (Å²) in [6, 6.07) is 8.40. The van der Waals surface area contributed by atoms with E-state index in [2.05, 4.69) is 4.98 Å². The van der Waals surface area contributed by atoms with Gasteiger partial charge >= 0.3 is 6.18 Å². The average molecular weight is 393 g/mol. The summed E-state index contributed by atoms with van der Waals surface area (Å²) in [5, 5.41) is 0. The van der Waals surface area contributed by atoms with Crippen LogP contribution in [0, 0.1) is 17.7 Å². The van der Waals surface area contributed by atoms with Crippen molar-refractivity contribution in [3.63, 3.8) is 0 Å². The zero-order valence-electron chi connectivity index (χ0n) is 15.2. The fourth-order valence-electron chi connectivity index (χ4n) is 4.41. The number of pyridine rings is 1. The number of likely N-dealkylation sites (tertiary alicyclic amines) is 1. The quantitative estimate of drug-likeness (QED) is 0.727. The predicted octanol–water partition coefficient (Wildman–Crippen LogP) is 3.90. The molecule has 0 bridgehead atoms. The summed E-state index contributed by atoms with van der Waals surface area (Å²) >= 11 is 0. The van der Waals surface area contributed by atoms with Crippen LogP contribution in [0.25, 0.3) is 0 Å². The number of rotatable bonds is 2. The summed E-state index contributed by atoms with van der Waals surface area (Å²) in [6.07, 6.45) is -3.58. The lowest BCUT2D eigenvalue weighted by atomic mass is 9.89. The molecule has 3 atom stereocenters. The third kappa shape index (κ3) is 3.31. The van der Waals surface area contributed by atoms with E-state index in [0.717, 1.165) is 17.8 Å². The minimum Gasteiger partial charge on any atom is -0.356 e. The van der Waals surface area contributed by atoms with Crippen molar-refractivity contribution in [2.24, 2.45) is 11.8 Å². The summed E-state index contributed by atoms with van der Waals surface area (Å²) in [4.78, 5) is 19.8. The summed E-state index contributed by atoms with van der Waals surface area (Å²) in [5.41, 5.74) is -0.0408. The molecule has 28 heavy (non-hydrogen) atoms. The molecule has 0 unspecified atom stereocenters. The van der Waals surface area contributed by atoms with Crippen molar-refractivity contribution in [2.75, 3.05) is 24.5 Å². The van der Waals surface area contributed by atoms with Crippen molar-refractivity contribution >= 4 is 11.7 Å². The first-order valence-corrected chi connectivity index (χ1v) is 9.05. The third-order valence-electron chi connectivity index (χ3n) is 5.66. The van der Waals surface area contributed by atoms with Crippen LogP contribution in [0.4, 0.5) is 23.4 Å². The van der Waals surface area contributed by atoms with Crippen LogP contribution in [0.2, 0.25) is 0 Å². The zero-order valence-corrected chi connectivity index (χ0v) is 15.2. The van der Waals surface area contributed by atoms with E-state index < -0.39 is 11.7 Å². The smallest absolute Gasteiger partial charge is 0.356 e. The Balaban J connectivity index is 1.59. The summed E-state index contributed by atoms with van der Waals surface area (Å²) < 4.78 is 52.0. The number of carbonyl (C=O) groups is 1. The standard InChI is InChI=1S/C20H19F4N3O/c1-12(28)27-10-14-9-26(18-6-5-15(8-25-18)20(22,23)24)11-17(14)19(27)13-3-2-4-16(21)7-13/h2-8,14,17,19H,9-11H2,1H3/t14-,17-,19+/m1/s1. The van der Waals surface area contributed by atoms with Crippen LogP contribution in [0.5, 0.6) is 0 Å². The van der Waals surface area contributed by atoms with Gasteiger partial charge in [0.2, 0.25) is 5.91 Å². The van der Waals surface area contributed by atoms with Gasteiger partial charge in [0.15, 0.2) is 0 Å². The monoisotopic (exact) mass is 393 g/mol. The molecule has 148 valence electrons. The van der Waals surface area contributed by atoms with Gasteiger partial charge in [0, 0.05) is 44.6 Å². The van der Waals surface area contributed by atoms with Gasteiger partial charge in [-0.25, -0.2) is 9.37 Å². The van der Waals surface area contributed by atoms with Crippen LogP contribution in [0.1, 0.15) is 24.1 Å². The molecule has 2 saturated heterocycles. The second kappa shape index (κ2) is 6.76. The van der Waals surface area contributed by atoms with Gasteiger partial charge in [-0.05, 0) is 29.8 Å². The van der Waals surface area contributed by atoms with E-state index in [1.54, 1.807) is 11.0 Å². The number of amides is 1. The van der Waals surface area contributed by atoms with E-state index in [1.165, 1.54) is 25.1 Å².